The smallest absolute Gasteiger partial charge is 0.0703 e. The Labute approximate surface area is 127 Å². The van der Waals surface area contributed by atoms with Crippen LogP contribution in [0.1, 0.15) is 32.6 Å². The van der Waals surface area contributed by atoms with Crippen LogP contribution in [0.5, 0.6) is 0 Å². The number of para-hydroxylation sites is 1. The molecule has 1 fully saturated rings. The third kappa shape index (κ3) is 3.73. The van der Waals surface area contributed by atoms with Crippen LogP contribution in [0.15, 0.2) is 36.5 Å². The Kier molecular flexibility index (Phi) is 4.71. The zero-order chi connectivity index (χ0) is 14.5. The molecule has 1 unspecified atom stereocenters. The predicted octanol–water partition coefficient (Wildman–Crippen LogP) is 3.91. The maximum absolute atomic E-state index is 4.54. The van der Waals surface area contributed by atoms with Crippen molar-refractivity contribution >= 4 is 16.6 Å². The van der Waals surface area contributed by atoms with Gasteiger partial charge in [-0.3, -0.25) is 4.98 Å². The third-order valence-electron chi connectivity index (χ3n) is 4.32. The maximum atomic E-state index is 4.54. The van der Waals surface area contributed by atoms with Crippen LogP contribution in [0.25, 0.3) is 10.9 Å². The topological polar surface area (TPSA) is 28.2 Å². The average molecular weight is 283 g/mol. The number of rotatable bonds is 4. The lowest BCUT2D eigenvalue weighted by Crippen LogP contribution is -2.27. The van der Waals surface area contributed by atoms with Gasteiger partial charge in [-0.25, -0.2) is 0 Å². The molecule has 21 heavy (non-hydrogen) atoms. The van der Waals surface area contributed by atoms with Crippen molar-refractivity contribution in [3.63, 3.8) is 0 Å². The molecule has 0 spiro atoms. The third-order valence-corrected chi connectivity index (χ3v) is 4.32. The van der Waals surface area contributed by atoms with Gasteiger partial charge in [0, 0.05) is 18.0 Å². The summed E-state index contributed by atoms with van der Waals surface area (Å²) in [7, 11) is 0. The number of nitrogens with one attached hydrogen (secondary N) is 1. The first-order valence-corrected chi connectivity index (χ1v) is 8.19. The molecule has 3 nitrogen and oxygen atoms in total. The van der Waals surface area contributed by atoms with Crippen molar-refractivity contribution in [2.45, 2.75) is 38.6 Å². The number of fused-ring (bicyclic) bond motifs is 1. The van der Waals surface area contributed by atoms with E-state index in [4.69, 9.17) is 0 Å². The molecule has 3 heteroatoms. The SMILES string of the molecule is CCCN1CCCC(Nc2cnc3ccccc3c2)CC1. The number of hydrogen-bond acceptors (Lipinski definition) is 3. The molecule has 0 bridgehead atoms. The van der Waals surface area contributed by atoms with Gasteiger partial charge >= 0.3 is 0 Å². The van der Waals surface area contributed by atoms with Gasteiger partial charge in [-0.1, -0.05) is 25.1 Å². The second-order valence-electron chi connectivity index (χ2n) is 6.03. The molecule has 1 atom stereocenters. The molecule has 2 aromatic rings. The van der Waals surface area contributed by atoms with E-state index < -0.39 is 0 Å². The molecule has 1 aromatic carbocycles. The standard InChI is InChI=1S/C18H25N3/c1-2-10-21-11-5-7-16(9-12-21)20-17-13-15-6-3-4-8-18(15)19-14-17/h3-4,6,8,13-14,16,20H,2,5,7,9-12H2,1H3. The lowest BCUT2D eigenvalue weighted by Gasteiger charge is -2.20. The van der Waals surface area contributed by atoms with Gasteiger partial charge in [0.25, 0.3) is 0 Å². The van der Waals surface area contributed by atoms with E-state index >= 15 is 0 Å². The zero-order valence-electron chi connectivity index (χ0n) is 12.9. The molecule has 1 saturated heterocycles. The largest absolute Gasteiger partial charge is 0.381 e. The highest BCUT2D eigenvalue weighted by Gasteiger charge is 2.16. The van der Waals surface area contributed by atoms with Crippen molar-refractivity contribution in [2.24, 2.45) is 0 Å². The van der Waals surface area contributed by atoms with Crippen LogP contribution in [-0.4, -0.2) is 35.6 Å². The summed E-state index contributed by atoms with van der Waals surface area (Å²) in [5, 5.41) is 4.90. The minimum absolute atomic E-state index is 0.579. The first kappa shape index (κ1) is 14.3. The second-order valence-corrected chi connectivity index (χ2v) is 6.03. The first-order chi connectivity index (χ1) is 10.3. The number of benzene rings is 1. The number of anilines is 1. The van der Waals surface area contributed by atoms with Crippen LogP contribution in [-0.2, 0) is 0 Å². The highest BCUT2D eigenvalue weighted by molar-refractivity contribution is 5.81. The van der Waals surface area contributed by atoms with Gasteiger partial charge in [-0.2, -0.15) is 0 Å². The molecule has 1 aromatic heterocycles. The highest BCUT2D eigenvalue weighted by atomic mass is 15.1. The quantitative estimate of drug-likeness (QED) is 0.922. The van der Waals surface area contributed by atoms with Gasteiger partial charge in [0.15, 0.2) is 0 Å². The van der Waals surface area contributed by atoms with Crippen molar-refractivity contribution in [1.82, 2.24) is 9.88 Å². The van der Waals surface area contributed by atoms with Gasteiger partial charge < -0.3 is 10.2 Å². The molecular weight excluding hydrogens is 258 g/mol. The van der Waals surface area contributed by atoms with E-state index in [0.29, 0.717) is 6.04 Å². The number of aromatic nitrogens is 1. The Morgan fingerprint density at radius 2 is 2.14 bits per heavy atom. The zero-order valence-corrected chi connectivity index (χ0v) is 12.9. The molecule has 0 amide bonds. The summed E-state index contributed by atoms with van der Waals surface area (Å²) in [6.07, 6.45) is 7.00. The van der Waals surface area contributed by atoms with Crippen LogP contribution >= 0.6 is 0 Å². The lowest BCUT2D eigenvalue weighted by atomic mass is 10.1. The summed E-state index contributed by atoms with van der Waals surface area (Å²) in [5.74, 6) is 0. The Morgan fingerprint density at radius 1 is 1.24 bits per heavy atom. The molecule has 0 saturated carbocycles. The van der Waals surface area contributed by atoms with E-state index in [2.05, 4.69) is 46.4 Å². The fourth-order valence-electron chi connectivity index (χ4n) is 3.23. The molecule has 1 N–H and O–H groups in total. The average Bonchev–Trinajstić information content (AvgIpc) is 2.73. The van der Waals surface area contributed by atoms with E-state index in [-0.39, 0.29) is 0 Å². The summed E-state index contributed by atoms with van der Waals surface area (Å²) in [6, 6.07) is 11.1. The van der Waals surface area contributed by atoms with E-state index in [1.54, 1.807) is 0 Å². The summed E-state index contributed by atoms with van der Waals surface area (Å²) < 4.78 is 0. The van der Waals surface area contributed by atoms with Crippen LogP contribution in [0, 0.1) is 0 Å². The van der Waals surface area contributed by atoms with E-state index in [1.165, 1.54) is 50.7 Å². The molecule has 2 heterocycles. The monoisotopic (exact) mass is 283 g/mol. The van der Waals surface area contributed by atoms with Crippen molar-refractivity contribution in [3.8, 4) is 0 Å². The van der Waals surface area contributed by atoms with Crippen LogP contribution in [0.4, 0.5) is 5.69 Å². The molecule has 112 valence electrons. The molecule has 0 aliphatic carbocycles. The Balaban J connectivity index is 1.64. The van der Waals surface area contributed by atoms with Gasteiger partial charge in [0.05, 0.1) is 17.4 Å². The molecule has 1 aliphatic heterocycles. The summed E-state index contributed by atoms with van der Waals surface area (Å²) in [4.78, 5) is 7.14. The summed E-state index contributed by atoms with van der Waals surface area (Å²) in [5.41, 5.74) is 2.22. The minimum Gasteiger partial charge on any atom is -0.381 e. The minimum atomic E-state index is 0.579. The Bertz CT molecular complexity index is 581. The molecule has 1 aliphatic rings. The normalized spacial score (nSPS) is 20.3. The Hall–Kier alpha value is -1.61. The number of hydrogen-bond donors (Lipinski definition) is 1. The fourth-order valence-corrected chi connectivity index (χ4v) is 3.23. The van der Waals surface area contributed by atoms with Gasteiger partial charge in [0.1, 0.15) is 0 Å². The van der Waals surface area contributed by atoms with E-state index in [1.807, 2.05) is 12.3 Å². The number of nitrogens with zero attached hydrogens (tertiary/aromatic N) is 2. The predicted molar refractivity (Wildman–Crippen MR) is 89.7 cm³/mol. The van der Waals surface area contributed by atoms with Gasteiger partial charge in [-0.15, -0.1) is 0 Å². The highest BCUT2D eigenvalue weighted by Crippen LogP contribution is 2.20. The fraction of sp³-hybridized carbons (Fsp3) is 0.500. The van der Waals surface area contributed by atoms with Crippen molar-refractivity contribution in [1.29, 1.82) is 0 Å². The van der Waals surface area contributed by atoms with Gasteiger partial charge in [0.2, 0.25) is 0 Å². The first-order valence-electron chi connectivity index (χ1n) is 8.19. The number of pyridine rings is 1. The molecular formula is C18H25N3. The van der Waals surface area contributed by atoms with Crippen LogP contribution < -0.4 is 5.32 Å². The van der Waals surface area contributed by atoms with Crippen molar-refractivity contribution in [3.05, 3.63) is 36.5 Å². The van der Waals surface area contributed by atoms with Gasteiger partial charge in [-0.05, 0) is 50.9 Å². The van der Waals surface area contributed by atoms with Crippen molar-refractivity contribution < 1.29 is 0 Å². The maximum Gasteiger partial charge on any atom is 0.0703 e. The van der Waals surface area contributed by atoms with Crippen molar-refractivity contribution in [2.75, 3.05) is 25.0 Å². The van der Waals surface area contributed by atoms with Crippen LogP contribution in [0.3, 0.4) is 0 Å². The lowest BCUT2D eigenvalue weighted by molar-refractivity contribution is 0.285. The second kappa shape index (κ2) is 6.90. The Morgan fingerprint density at radius 3 is 3.05 bits per heavy atom. The molecule has 0 radical (unpaired) electrons. The van der Waals surface area contributed by atoms with E-state index in [0.717, 1.165) is 11.2 Å². The number of likely N-dealkylation sites (tertiary alicyclic amines) is 1. The van der Waals surface area contributed by atoms with E-state index in [9.17, 15) is 0 Å². The summed E-state index contributed by atoms with van der Waals surface area (Å²) >= 11 is 0. The molecule has 3 rings (SSSR count). The van der Waals surface area contributed by atoms with Crippen LogP contribution in [0.2, 0.25) is 0 Å². The summed E-state index contributed by atoms with van der Waals surface area (Å²) in [6.45, 7) is 5.97.